The Balaban J connectivity index is 0.000000207. The highest BCUT2D eigenvalue weighted by molar-refractivity contribution is 9.09. The molecule has 0 saturated heterocycles. The molecule has 1 amide bonds. The summed E-state index contributed by atoms with van der Waals surface area (Å²) in [6, 6.07) is 52.0. The summed E-state index contributed by atoms with van der Waals surface area (Å²) in [5, 5.41) is 61.1. The number of nitrogens with one attached hydrogen (secondary N) is 2. The second-order valence-electron chi connectivity index (χ2n) is 23.1. The van der Waals surface area contributed by atoms with E-state index in [1.54, 1.807) is 62.4 Å². The number of ether oxygens (including phenoxy) is 6. The second kappa shape index (κ2) is 43.7. The molecule has 0 radical (unpaired) electrons. The number of esters is 2. The van der Waals surface area contributed by atoms with Gasteiger partial charge in [0.1, 0.15) is 34.9 Å². The number of alkyl halides is 13. The molecule has 116 heavy (non-hydrogen) atoms. The highest BCUT2D eigenvalue weighted by Crippen LogP contribution is 2.32. The predicted molar refractivity (Wildman–Crippen MR) is 392 cm³/mol. The van der Waals surface area contributed by atoms with Crippen LogP contribution in [0.25, 0.3) is 45.6 Å². The van der Waals surface area contributed by atoms with Crippen LogP contribution in [0.1, 0.15) is 58.4 Å². The minimum absolute atomic E-state index is 0.0493. The summed E-state index contributed by atoms with van der Waals surface area (Å²) in [6.07, 6.45) is -17.0. The Kier molecular flexibility index (Phi) is 33.9. The molecule has 0 saturated carbocycles. The van der Waals surface area contributed by atoms with E-state index in [0.29, 0.717) is 66.2 Å². The van der Waals surface area contributed by atoms with Crippen molar-refractivity contribution >= 4 is 39.7 Å². The maximum atomic E-state index is 12.3. The molecular weight excluding hydrogens is 1620 g/mol. The fourth-order valence-corrected chi connectivity index (χ4v) is 10.2. The first kappa shape index (κ1) is 89.9. The number of benzene rings is 8. The van der Waals surface area contributed by atoms with Crippen LogP contribution in [0.4, 0.5) is 52.7 Å². The van der Waals surface area contributed by atoms with Crippen molar-refractivity contribution in [2.45, 2.75) is 84.6 Å². The summed E-state index contributed by atoms with van der Waals surface area (Å²) in [6.45, 7) is 3.60. The SMILES string of the molecule is CCOC(=O)CBr.CCOC(=O)Cn1nnc(-c2ccccc2Cc2ccc(OC(F)(F)F)cc2)n1.CN.CNC(=O)Cn1nnc(-c2ccccc2Cc2ccc(OC(F)(F)F)cc2)n1.FC(F)(F)Oc1ccc(Cc2ccccc2-c2nn[nH]n2)cc1.O=C(O)Cn1nnc(-c2ccccc2Cc2ccc(OC(F)(F)F)cc2)n1. The largest absolute Gasteiger partial charge is 0.573 e. The van der Waals surface area contributed by atoms with E-state index >= 15 is 0 Å². The number of hydrogen-bond acceptors (Lipinski definition) is 23. The van der Waals surface area contributed by atoms with Crippen molar-refractivity contribution in [1.82, 2.24) is 86.6 Å². The van der Waals surface area contributed by atoms with Gasteiger partial charge in [-0.1, -0.05) is 162 Å². The Morgan fingerprint density at radius 2 is 0.698 bits per heavy atom. The van der Waals surface area contributed by atoms with Crippen molar-refractivity contribution in [2.24, 2.45) is 5.73 Å². The van der Waals surface area contributed by atoms with Crippen molar-refractivity contribution in [3.8, 4) is 68.5 Å². The molecule has 0 unspecified atom stereocenters. The lowest BCUT2D eigenvalue weighted by atomic mass is 9.99. The van der Waals surface area contributed by atoms with Crippen LogP contribution in [0, 0.1) is 0 Å². The first-order valence-electron chi connectivity index (χ1n) is 34.0. The average molecular weight is 1690 g/mol. The Hall–Kier alpha value is -13.3. The first-order valence-corrected chi connectivity index (χ1v) is 35.1. The molecule has 5 N–H and O–H groups in total. The Bertz CT molecular complexity index is 5040. The van der Waals surface area contributed by atoms with Gasteiger partial charge in [0.25, 0.3) is 0 Å². The van der Waals surface area contributed by atoms with Crippen LogP contribution in [0.2, 0.25) is 0 Å². The third kappa shape index (κ3) is 31.4. The summed E-state index contributed by atoms with van der Waals surface area (Å²) in [5.41, 5.74) is 14.1. The van der Waals surface area contributed by atoms with Crippen LogP contribution in [-0.4, -0.2) is 168 Å². The number of carbonyl (C=O) groups is 4. The van der Waals surface area contributed by atoms with Gasteiger partial charge in [0, 0.05) is 29.3 Å². The highest BCUT2D eigenvalue weighted by Gasteiger charge is 2.34. The molecule has 4 aromatic heterocycles. The smallest absolute Gasteiger partial charge is 0.480 e. The number of carbonyl (C=O) groups excluding carboxylic acids is 3. The van der Waals surface area contributed by atoms with E-state index in [1.807, 2.05) is 84.9 Å². The fourth-order valence-electron chi connectivity index (χ4n) is 10.1. The normalized spacial score (nSPS) is 11.0. The van der Waals surface area contributed by atoms with E-state index in [4.69, 9.17) is 9.84 Å². The lowest BCUT2D eigenvalue weighted by Crippen LogP contribution is -2.24. The van der Waals surface area contributed by atoms with Gasteiger partial charge in [0.2, 0.25) is 29.2 Å². The number of carboxylic acid groups (broad SMARTS) is 1. The lowest BCUT2D eigenvalue weighted by molar-refractivity contribution is -0.275. The minimum Gasteiger partial charge on any atom is -0.480 e. The number of aliphatic carboxylic acids is 1. The Morgan fingerprint density at radius 1 is 0.414 bits per heavy atom. The quantitative estimate of drug-likeness (QED) is 0.0234. The summed E-state index contributed by atoms with van der Waals surface area (Å²) >= 11 is 2.94. The number of carboxylic acids is 1. The average Bonchev–Trinajstić information content (AvgIpc) is 1.63. The van der Waals surface area contributed by atoms with E-state index in [-0.39, 0.29) is 60.4 Å². The van der Waals surface area contributed by atoms with Crippen molar-refractivity contribution in [2.75, 3.05) is 32.6 Å². The number of rotatable bonds is 25. The molecule has 0 aliphatic heterocycles. The van der Waals surface area contributed by atoms with E-state index < -0.39 is 43.9 Å². The molecule has 12 aromatic rings. The molecule has 0 fully saturated rings. The monoisotopic (exact) mass is 1690 g/mol. The zero-order valence-corrected chi connectivity index (χ0v) is 62.9. The number of tetrazole rings is 4. The summed E-state index contributed by atoms with van der Waals surface area (Å²) < 4.78 is 172. The van der Waals surface area contributed by atoms with Gasteiger partial charge in [-0.25, -0.2) is 4.79 Å². The highest BCUT2D eigenvalue weighted by atomic mass is 79.9. The molecular formula is C74H69BrF12N18O11. The third-order valence-electron chi connectivity index (χ3n) is 14.8. The van der Waals surface area contributed by atoms with E-state index in [9.17, 15) is 71.9 Å². The van der Waals surface area contributed by atoms with Crippen LogP contribution in [0.15, 0.2) is 194 Å². The van der Waals surface area contributed by atoms with Crippen LogP contribution in [-0.2, 0) is 74.0 Å². The van der Waals surface area contributed by atoms with Gasteiger partial charge in [-0.3, -0.25) is 14.4 Å². The minimum atomic E-state index is -4.73. The van der Waals surface area contributed by atoms with E-state index in [1.165, 1.54) is 79.6 Å². The van der Waals surface area contributed by atoms with E-state index in [2.05, 4.69) is 118 Å². The van der Waals surface area contributed by atoms with Gasteiger partial charge in [-0.2, -0.15) is 19.6 Å². The van der Waals surface area contributed by atoms with E-state index in [0.717, 1.165) is 65.2 Å². The molecule has 42 heteroatoms. The van der Waals surface area contributed by atoms with Gasteiger partial charge in [-0.05, 0) is 160 Å². The second-order valence-corrected chi connectivity index (χ2v) is 23.6. The molecule has 4 heterocycles. The van der Waals surface area contributed by atoms with Crippen LogP contribution >= 0.6 is 15.9 Å². The zero-order chi connectivity index (χ0) is 84.4. The number of nitrogens with zero attached hydrogens (tertiary/aromatic N) is 15. The Morgan fingerprint density at radius 3 is 0.957 bits per heavy atom. The molecule has 0 aliphatic rings. The van der Waals surface area contributed by atoms with Gasteiger partial charge < -0.3 is 44.6 Å². The number of aromatic nitrogens is 16. The molecule has 0 aliphatic carbocycles. The lowest BCUT2D eigenvalue weighted by Gasteiger charge is -2.10. The van der Waals surface area contributed by atoms with Crippen LogP contribution in [0.5, 0.6) is 23.0 Å². The topological polar surface area (TPSA) is 367 Å². The summed E-state index contributed by atoms with van der Waals surface area (Å²) in [5.74, 6) is -1.67. The number of H-pyrrole nitrogens is 1. The summed E-state index contributed by atoms with van der Waals surface area (Å²) in [7, 11) is 3.01. The van der Waals surface area contributed by atoms with Crippen LogP contribution < -0.4 is 30.0 Å². The number of aromatic amines is 1. The van der Waals surface area contributed by atoms with Gasteiger partial charge >= 0.3 is 43.4 Å². The maximum absolute atomic E-state index is 12.3. The van der Waals surface area contributed by atoms with Crippen molar-refractivity contribution in [1.29, 1.82) is 0 Å². The number of likely N-dealkylation sites (N-methyl/N-ethyl adjacent to an activating group) is 1. The zero-order valence-electron chi connectivity index (χ0n) is 61.3. The van der Waals surface area contributed by atoms with Crippen molar-refractivity contribution < 1.29 is 105 Å². The van der Waals surface area contributed by atoms with Crippen molar-refractivity contribution in [3.63, 3.8) is 0 Å². The predicted octanol–water partition coefficient (Wildman–Crippen LogP) is 12.8. The number of amides is 1. The maximum Gasteiger partial charge on any atom is 0.573 e. The summed E-state index contributed by atoms with van der Waals surface area (Å²) in [4.78, 5) is 47.2. The number of hydrogen-bond donors (Lipinski definition) is 4. The molecule has 612 valence electrons. The van der Waals surface area contributed by atoms with Gasteiger partial charge in [-0.15, -0.1) is 93.5 Å². The Labute approximate surface area is 659 Å². The van der Waals surface area contributed by atoms with Gasteiger partial charge in [0.15, 0.2) is 13.1 Å². The molecule has 29 nitrogen and oxygen atoms in total. The molecule has 12 rings (SSSR count). The number of nitrogens with two attached hydrogens (primary N) is 1. The fraction of sp³-hybridized carbons (Fsp3) is 0.243. The molecule has 0 atom stereocenters. The van der Waals surface area contributed by atoms with Gasteiger partial charge in [0.05, 0.1) is 13.2 Å². The van der Waals surface area contributed by atoms with Crippen molar-refractivity contribution in [3.05, 3.63) is 239 Å². The number of halogens is 13. The molecule has 0 bridgehead atoms. The molecule has 8 aromatic carbocycles. The first-order chi connectivity index (χ1) is 55.3. The third-order valence-corrected chi connectivity index (χ3v) is 15.2. The standard InChI is InChI=1S/C19H17F3N4O3.C18H16F3N5O2.C17H13F3N4O3.C15H11F3N4O.C4H7BrO2.CH5N/c1-2-28-17(27)12-26-24-18(23-25-26)16-6-4-3-5-14(16)11-13-7-9-15(10-8-13)29-19(20,21)22;1-22-16(27)11-26-24-17(23-25-26)15-5-3-2-4-13(15)10-12-6-8-14(9-7-12)28-18(19,20)21;18-17(19,20)27-13-7-5-11(6-8-13)9-12-3-1-2-4-14(12)16-21-23-24(22-16)10-15(25)26;16-15(17,18)23-12-7-5-10(6-8-12)9-11-3-1-2-4-13(11)14-19-21-22-20-14;1-2-7-4(6)3-5;1-2/h3-10H,2,11-12H2,1H3;2-9H,10-11H2,1H3,(H,22,27);1-8H,9-10H2,(H,25,26);1-8H,9H2,(H,19,20,21,22);2-3H2,1H3;2H2,1H3. The van der Waals surface area contributed by atoms with Crippen LogP contribution in [0.3, 0.4) is 0 Å². The molecule has 0 spiro atoms.